The molecule has 0 unspecified atom stereocenters. The molecule has 0 aliphatic carbocycles. The Morgan fingerprint density at radius 1 is 0.121 bits per heavy atom. The normalized spacial score (nSPS) is 11.7. The summed E-state index contributed by atoms with van der Waals surface area (Å²) in [6.45, 7) is 3.19. The van der Waals surface area contributed by atoms with Crippen LogP contribution in [0.15, 0.2) is 0 Å². The summed E-state index contributed by atoms with van der Waals surface area (Å²) in [7, 11) is 0. The largest absolute Gasteiger partial charge is 0.330 e. The van der Waals surface area contributed by atoms with Crippen molar-refractivity contribution in [2.75, 3.05) is 6.54 Å². The Hall–Kier alpha value is -0.0400. The molecule has 0 aromatic carbocycles. The summed E-state index contributed by atoms with van der Waals surface area (Å²) in [6, 6.07) is 0. The first-order valence-electron chi connectivity index (χ1n) is 32.6. The van der Waals surface area contributed by atoms with Crippen LogP contribution in [0.4, 0.5) is 0 Å². The van der Waals surface area contributed by atoms with Crippen LogP contribution in [0.1, 0.15) is 411 Å². The van der Waals surface area contributed by atoms with Crippen molar-refractivity contribution in [2.45, 2.75) is 411 Å². The van der Waals surface area contributed by atoms with Gasteiger partial charge in [0.1, 0.15) is 0 Å². The molecule has 0 spiro atoms. The zero-order valence-electron chi connectivity index (χ0n) is 46.8. The van der Waals surface area contributed by atoms with Gasteiger partial charge in [-0.25, -0.2) is 0 Å². The lowest BCUT2D eigenvalue weighted by atomic mass is 10.0. The van der Waals surface area contributed by atoms with Gasteiger partial charge in [0.15, 0.2) is 0 Å². The highest BCUT2D eigenvalue weighted by Gasteiger charge is 2.00. The van der Waals surface area contributed by atoms with Crippen molar-refractivity contribution in [3.8, 4) is 0 Å². The second-order valence-corrected chi connectivity index (χ2v) is 22.7. The van der Waals surface area contributed by atoms with Crippen molar-refractivity contribution in [3.63, 3.8) is 0 Å². The fourth-order valence-corrected chi connectivity index (χ4v) is 11.0. The van der Waals surface area contributed by atoms with E-state index in [1.165, 1.54) is 405 Å². The molecule has 398 valence electrons. The molecule has 0 bridgehead atoms. The van der Waals surface area contributed by atoms with Crippen LogP contribution in [-0.2, 0) is 0 Å². The highest BCUT2D eigenvalue weighted by molar-refractivity contribution is 4.56. The molecule has 0 saturated heterocycles. The van der Waals surface area contributed by atoms with Crippen LogP contribution >= 0.6 is 0 Å². The molecule has 1 heteroatoms. The van der Waals surface area contributed by atoms with Gasteiger partial charge in [-0.2, -0.15) is 0 Å². The lowest BCUT2D eigenvalue weighted by Crippen LogP contribution is -1.97. The van der Waals surface area contributed by atoms with E-state index in [4.69, 9.17) is 5.73 Å². The van der Waals surface area contributed by atoms with E-state index in [2.05, 4.69) is 6.92 Å². The minimum absolute atomic E-state index is 0.875. The molecule has 2 N–H and O–H groups in total. The minimum Gasteiger partial charge on any atom is -0.330 e. The van der Waals surface area contributed by atoms with Gasteiger partial charge >= 0.3 is 0 Å². The second kappa shape index (κ2) is 65.0. The molecule has 0 aliphatic heterocycles. The van der Waals surface area contributed by atoms with Crippen molar-refractivity contribution in [2.24, 2.45) is 5.73 Å². The minimum atomic E-state index is 0.875. The van der Waals surface area contributed by atoms with Crippen molar-refractivity contribution in [1.82, 2.24) is 0 Å². The molecule has 0 aliphatic rings. The summed E-state index contributed by atoms with van der Waals surface area (Å²) in [5, 5.41) is 0. The van der Waals surface area contributed by atoms with E-state index >= 15 is 0 Å². The number of hydrogen-bond donors (Lipinski definition) is 1. The van der Waals surface area contributed by atoms with Crippen molar-refractivity contribution < 1.29 is 0 Å². The monoisotopic (exact) mass is 928 g/mol. The highest BCUT2D eigenvalue weighted by Crippen LogP contribution is 2.20. The smallest absolute Gasteiger partial charge is 0.00773 e. The van der Waals surface area contributed by atoms with E-state index < -0.39 is 0 Å². The molecule has 0 radical (unpaired) electrons. The molecule has 0 amide bonds. The van der Waals surface area contributed by atoms with E-state index in [0.29, 0.717) is 0 Å². The SMILES string of the molecule is CCCCCCCCCCCCCCCCCCCCCCCCCCCCCCCCCCCCCCCCCCCCCCCCCCCCCCCCCCCCCCCCCN. The van der Waals surface area contributed by atoms with Gasteiger partial charge in [0.05, 0.1) is 0 Å². The Balaban J connectivity index is 3.06. The van der Waals surface area contributed by atoms with Gasteiger partial charge < -0.3 is 5.73 Å². The second-order valence-electron chi connectivity index (χ2n) is 22.7. The quantitative estimate of drug-likeness (QED) is 0.0604. The number of hydrogen-bond acceptors (Lipinski definition) is 1. The van der Waals surface area contributed by atoms with Crippen LogP contribution in [0, 0.1) is 0 Å². The van der Waals surface area contributed by atoms with Crippen LogP contribution in [-0.4, -0.2) is 6.54 Å². The molecule has 0 fully saturated rings. The molecule has 0 aromatic rings. The Labute approximate surface area is 421 Å². The highest BCUT2D eigenvalue weighted by atomic mass is 14.5. The topological polar surface area (TPSA) is 26.0 Å². The zero-order chi connectivity index (χ0) is 47.3. The number of nitrogens with two attached hydrogens (primary N) is 1. The predicted octanol–water partition coefficient (Wildman–Crippen LogP) is 24.5. The maximum Gasteiger partial charge on any atom is -0.00773 e. The van der Waals surface area contributed by atoms with E-state index in [-0.39, 0.29) is 0 Å². The van der Waals surface area contributed by atoms with Gasteiger partial charge in [-0.3, -0.25) is 0 Å². The fourth-order valence-electron chi connectivity index (χ4n) is 11.0. The summed E-state index contributed by atoms with van der Waals surface area (Å²) >= 11 is 0. The average molecular weight is 929 g/mol. The third-order valence-corrected chi connectivity index (χ3v) is 15.8. The first-order chi connectivity index (χ1) is 32.9. The zero-order valence-corrected chi connectivity index (χ0v) is 46.8. The summed E-state index contributed by atoms with van der Waals surface area (Å²) in [5.41, 5.74) is 5.57. The lowest BCUT2D eigenvalue weighted by Gasteiger charge is -2.05. The van der Waals surface area contributed by atoms with Crippen molar-refractivity contribution >= 4 is 0 Å². The Bertz CT molecular complexity index is 711. The third-order valence-electron chi connectivity index (χ3n) is 15.8. The molecule has 1 nitrogen and oxygen atoms in total. The number of rotatable bonds is 63. The average Bonchev–Trinajstić information content (AvgIpc) is 3.33. The van der Waals surface area contributed by atoms with E-state index in [1.807, 2.05) is 0 Å². The molecule has 0 atom stereocenters. The van der Waals surface area contributed by atoms with Crippen LogP contribution in [0.3, 0.4) is 0 Å². The van der Waals surface area contributed by atoms with Gasteiger partial charge in [-0.1, -0.05) is 405 Å². The van der Waals surface area contributed by atoms with E-state index in [1.54, 1.807) is 0 Å². The molecular formula is C65H133N. The van der Waals surface area contributed by atoms with Crippen LogP contribution < -0.4 is 5.73 Å². The van der Waals surface area contributed by atoms with Crippen LogP contribution in [0.5, 0.6) is 0 Å². The van der Waals surface area contributed by atoms with Crippen LogP contribution in [0.25, 0.3) is 0 Å². The van der Waals surface area contributed by atoms with E-state index in [9.17, 15) is 0 Å². The molecular weight excluding hydrogens is 795 g/mol. The third kappa shape index (κ3) is 64.0. The van der Waals surface area contributed by atoms with Gasteiger partial charge in [0.25, 0.3) is 0 Å². The summed E-state index contributed by atoms with van der Waals surface area (Å²) in [5.74, 6) is 0. The summed E-state index contributed by atoms with van der Waals surface area (Å²) in [6.07, 6.45) is 93.2. The molecule has 0 rings (SSSR count). The maximum atomic E-state index is 5.57. The molecule has 0 aromatic heterocycles. The van der Waals surface area contributed by atoms with Crippen molar-refractivity contribution in [3.05, 3.63) is 0 Å². The first kappa shape index (κ1) is 66.0. The molecule has 0 heterocycles. The first-order valence-corrected chi connectivity index (χ1v) is 32.6. The Kier molecular flexibility index (Phi) is 64.9. The Morgan fingerprint density at radius 3 is 0.273 bits per heavy atom. The molecule has 66 heavy (non-hydrogen) atoms. The maximum absolute atomic E-state index is 5.57. The lowest BCUT2D eigenvalue weighted by molar-refractivity contribution is 0.506. The molecule has 0 saturated carbocycles. The van der Waals surface area contributed by atoms with Gasteiger partial charge in [0, 0.05) is 0 Å². The fraction of sp³-hybridized carbons (Fsp3) is 1.00. The standard InChI is InChI=1S/C65H133N/c1-2-3-4-5-6-7-8-9-10-11-12-13-14-15-16-17-18-19-20-21-22-23-24-25-26-27-28-29-30-31-32-33-34-35-36-37-38-39-40-41-42-43-44-45-46-47-48-49-50-51-52-53-54-55-56-57-58-59-60-61-62-63-64-65-66/h2-66H2,1H3. The van der Waals surface area contributed by atoms with E-state index in [0.717, 1.165) is 6.54 Å². The summed E-state index contributed by atoms with van der Waals surface area (Å²) in [4.78, 5) is 0. The van der Waals surface area contributed by atoms with Gasteiger partial charge in [-0.15, -0.1) is 0 Å². The predicted molar refractivity (Wildman–Crippen MR) is 306 cm³/mol. The number of unbranched alkanes of at least 4 members (excludes halogenated alkanes) is 62. The van der Waals surface area contributed by atoms with Crippen LogP contribution in [0.2, 0.25) is 0 Å². The Morgan fingerprint density at radius 2 is 0.197 bits per heavy atom. The summed E-state index contributed by atoms with van der Waals surface area (Å²) < 4.78 is 0. The van der Waals surface area contributed by atoms with Gasteiger partial charge in [0.2, 0.25) is 0 Å². The van der Waals surface area contributed by atoms with Crippen molar-refractivity contribution in [1.29, 1.82) is 0 Å². The van der Waals surface area contributed by atoms with Gasteiger partial charge in [-0.05, 0) is 13.0 Å².